The van der Waals surface area contributed by atoms with Crippen molar-refractivity contribution in [3.8, 4) is 11.5 Å². The summed E-state index contributed by atoms with van der Waals surface area (Å²) in [5.41, 5.74) is 0.239. The van der Waals surface area contributed by atoms with Crippen LogP contribution in [-0.4, -0.2) is 57.5 Å². The summed E-state index contributed by atoms with van der Waals surface area (Å²) in [5.74, 6) is -0.198. The number of rotatable bonds is 11. The standard InChI is InChI=1S/C30H36ClN3O6S/c1-21(29(36)32-30(2,3)4)33(19-22-11-10-12-24(17-22)39-5)28(35)20-34(26-18-23(31)15-16-27(26)40-6)41(37,38)25-13-8-7-9-14-25/h7-18,21H,19-20H2,1-6H3,(H,32,36)/t21-/m0/s1. The summed E-state index contributed by atoms with van der Waals surface area (Å²) in [4.78, 5) is 28.7. The van der Waals surface area contributed by atoms with E-state index in [1.807, 2.05) is 20.8 Å². The average Bonchev–Trinajstić information content (AvgIpc) is 2.93. The summed E-state index contributed by atoms with van der Waals surface area (Å²) in [6.45, 7) is 6.53. The minimum Gasteiger partial charge on any atom is -0.497 e. The molecule has 41 heavy (non-hydrogen) atoms. The molecule has 0 aliphatic heterocycles. The lowest BCUT2D eigenvalue weighted by Gasteiger charge is -2.33. The van der Waals surface area contributed by atoms with E-state index in [2.05, 4.69) is 5.32 Å². The second kappa shape index (κ2) is 13.3. The molecule has 11 heteroatoms. The van der Waals surface area contributed by atoms with Crippen LogP contribution in [0.15, 0.2) is 77.7 Å². The number of ether oxygens (including phenoxy) is 2. The highest BCUT2D eigenvalue weighted by Gasteiger charge is 2.34. The molecule has 0 aliphatic rings. The van der Waals surface area contributed by atoms with E-state index in [9.17, 15) is 18.0 Å². The SMILES string of the molecule is COc1cccc(CN(C(=O)CN(c2cc(Cl)ccc2OC)S(=O)(=O)c2ccccc2)[C@@H](C)C(=O)NC(C)(C)C)c1. The molecule has 3 aromatic rings. The highest BCUT2D eigenvalue weighted by molar-refractivity contribution is 7.92. The summed E-state index contributed by atoms with van der Waals surface area (Å²) in [6.07, 6.45) is 0. The Kier molecular flexibility index (Phi) is 10.3. The van der Waals surface area contributed by atoms with Gasteiger partial charge in [-0.25, -0.2) is 8.42 Å². The number of halogens is 1. The number of nitrogens with one attached hydrogen (secondary N) is 1. The Morgan fingerprint density at radius 1 is 0.951 bits per heavy atom. The first kappa shape index (κ1) is 31.8. The molecule has 3 rings (SSSR count). The molecule has 0 radical (unpaired) electrons. The third kappa shape index (κ3) is 8.14. The second-order valence-corrected chi connectivity index (χ2v) is 12.7. The first-order valence-electron chi connectivity index (χ1n) is 12.9. The molecular formula is C30H36ClN3O6S. The van der Waals surface area contributed by atoms with Gasteiger partial charge >= 0.3 is 0 Å². The number of hydrogen-bond acceptors (Lipinski definition) is 6. The van der Waals surface area contributed by atoms with Crippen LogP contribution in [0.2, 0.25) is 5.02 Å². The van der Waals surface area contributed by atoms with Gasteiger partial charge in [0.2, 0.25) is 11.8 Å². The zero-order chi connectivity index (χ0) is 30.4. The van der Waals surface area contributed by atoms with Gasteiger partial charge in [0.25, 0.3) is 10.0 Å². The molecule has 0 unspecified atom stereocenters. The molecule has 0 bridgehead atoms. The fourth-order valence-electron chi connectivity index (χ4n) is 4.12. The molecule has 220 valence electrons. The Morgan fingerprint density at radius 2 is 1.63 bits per heavy atom. The number of benzene rings is 3. The number of sulfonamides is 1. The van der Waals surface area contributed by atoms with Gasteiger partial charge in [-0.2, -0.15) is 0 Å². The summed E-state index contributed by atoms with van der Waals surface area (Å²) < 4.78 is 39.7. The molecule has 0 saturated carbocycles. The van der Waals surface area contributed by atoms with Gasteiger partial charge in [0.05, 0.1) is 24.8 Å². The number of amides is 2. The molecule has 0 aliphatic carbocycles. The molecule has 3 aromatic carbocycles. The predicted octanol–water partition coefficient (Wildman–Crippen LogP) is 4.88. The van der Waals surface area contributed by atoms with Crippen LogP contribution >= 0.6 is 11.6 Å². The molecule has 0 heterocycles. The Bertz CT molecular complexity index is 1480. The molecule has 9 nitrogen and oxygen atoms in total. The maximum Gasteiger partial charge on any atom is 0.264 e. The fourth-order valence-corrected chi connectivity index (χ4v) is 5.72. The van der Waals surface area contributed by atoms with Crippen molar-refractivity contribution in [3.63, 3.8) is 0 Å². The average molecular weight is 602 g/mol. The van der Waals surface area contributed by atoms with Gasteiger partial charge < -0.3 is 19.7 Å². The van der Waals surface area contributed by atoms with Crippen molar-refractivity contribution in [1.29, 1.82) is 0 Å². The smallest absolute Gasteiger partial charge is 0.264 e. The molecule has 0 spiro atoms. The van der Waals surface area contributed by atoms with Crippen LogP contribution in [0, 0.1) is 0 Å². The van der Waals surface area contributed by atoms with Crippen LogP contribution in [0.3, 0.4) is 0 Å². The quantitative estimate of drug-likeness (QED) is 0.336. The van der Waals surface area contributed by atoms with E-state index >= 15 is 0 Å². The second-order valence-electron chi connectivity index (χ2n) is 10.4. The number of methoxy groups -OCH3 is 2. The van der Waals surface area contributed by atoms with E-state index in [0.717, 1.165) is 4.31 Å². The fraction of sp³-hybridized carbons (Fsp3) is 0.333. The number of nitrogens with zero attached hydrogens (tertiary/aromatic N) is 2. The van der Waals surface area contributed by atoms with Crippen LogP contribution in [0.25, 0.3) is 0 Å². The molecule has 1 N–H and O–H groups in total. The summed E-state index contributed by atoms with van der Waals surface area (Å²) in [5, 5.41) is 3.16. The molecule has 0 saturated heterocycles. The van der Waals surface area contributed by atoms with Crippen LogP contribution in [0.1, 0.15) is 33.3 Å². The monoisotopic (exact) mass is 601 g/mol. The molecule has 0 aromatic heterocycles. The van der Waals surface area contributed by atoms with Crippen molar-refractivity contribution in [2.75, 3.05) is 25.1 Å². The third-order valence-corrected chi connectivity index (χ3v) is 8.18. The lowest BCUT2D eigenvalue weighted by atomic mass is 10.1. The van der Waals surface area contributed by atoms with Gasteiger partial charge in [0.1, 0.15) is 24.1 Å². The van der Waals surface area contributed by atoms with Gasteiger partial charge in [-0.15, -0.1) is 0 Å². The van der Waals surface area contributed by atoms with Crippen LogP contribution in [-0.2, 0) is 26.2 Å². The Morgan fingerprint density at radius 3 is 2.24 bits per heavy atom. The third-order valence-electron chi connectivity index (χ3n) is 6.17. The first-order chi connectivity index (χ1) is 19.3. The number of carbonyl (C=O) groups excluding carboxylic acids is 2. The van der Waals surface area contributed by atoms with Gasteiger partial charge in [0.15, 0.2) is 0 Å². The van der Waals surface area contributed by atoms with E-state index in [1.165, 1.54) is 43.4 Å². The van der Waals surface area contributed by atoms with E-state index in [1.54, 1.807) is 55.5 Å². The summed E-state index contributed by atoms with van der Waals surface area (Å²) >= 11 is 6.27. The lowest BCUT2D eigenvalue weighted by Crippen LogP contribution is -2.54. The van der Waals surface area contributed by atoms with Gasteiger partial charge in [-0.3, -0.25) is 13.9 Å². The Hall–Kier alpha value is -3.76. The zero-order valence-electron chi connectivity index (χ0n) is 24.0. The largest absolute Gasteiger partial charge is 0.497 e. The highest BCUT2D eigenvalue weighted by Crippen LogP contribution is 2.35. The first-order valence-corrected chi connectivity index (χ1v) is 14.7. The van der Waals surface area contributed by atoms with Gasteiger partial charge in [0, 0.05) is 17.1 Å². The normalized spacial score (nSPS) is 12.3. The van der Waals surface area contributed by atoms with Crippen LogP contribution < -0.4 is 19.1 Å². The van der Waals surface area contributed by atoms with Crippen molar-refractivity contribution in [1.82, 2.24) is 10.2 Å². The van der Waals surface area contributed by atoms with Crippen molar-refractivity contribution < 1.29 is 27.5 Å². The molecule has 2 amide bonds. The van der Waals surface area contributed by atoms with Gasteiger partial charge in [-0.1, -0.05) is 41.9 Å². The Labute approximate surface area is 247 Å². The van der Waals surface area contributed by atoms with E-state index in [-0.39, 0.29) is 33.8 Å². The zero-order valence-corrected chi connectivity index (χ0v) is 25.6. The van der Waals surface area contributed by atoms with Crippen molar-refractivity contribution in [2.45, 2.75) is 50.7 Å². The molecule has 1 atom stereocenters. The van der Waals surface area contributed by atoms with Crippen molar-refractivity contribution >= 4 is 39.1 Å². The number of anilines is 1. The van der Waals surface area contributed by atoms with E-state index < -0.39 is 34.1 Å². The molecule has 0 fully saturated rings. The Balaban J connectivity index is 2.10. The van der Waals surface area contributed by atoms with Crippen molar-refractivity contribution in [2.24, 2.45) is 0 Å². The van der Waals surface area contributed by atoms with E-state index in [0.29, 0.717) is 11.3 Å². The highest BCUT2D eigenvalue weighted by atomic mass is 35.5. The summed E-state index contributed by atoms with van der Waals surface area (Å²) in [6, 6.07) is 18.5. The van der Waals surface area contributed by atoms with Gasteiger partial charge in [-0.05, 0) is 75.7 Å². The maximum atomic E-state index is 14.1. The minimum absolute atomic E-state index is 0.0206. The maximum absolute atomic E-state index is 14.1. The van der Waals surface area contributed by atoms with Crippen molar-refractivity contribution in [3.05, 3.63) is 83.4 Å². The van der Waals surface area contributed by atoms with Crippen LogP contribution in [0.4, 0.5) is 5.69 Å². The van der Waals surface area contributed by atoms with E-state index in [4.69, 9.17) is 21.1 Å². The lowest BCUT2D eigenvalue weighted by molar-refractivity contribution is -0.140. The predicted molar refractivity (Wildman–Crippen MR) is 160 cm³/mol. The summed E-state index contributed by atoms with van der Waals surface area (Å²) in [7, 11) is -1.33. The number of carbonyl (C=O) groups is 2. The van der Waals surface area contributed by atoms with Crippen LogP contribution in [0.5, 0.6) is 11.5 Å². The minimum atomic E-state index is -4.26. The molecular weight excluding hydrogens is 566 g/mol. The number of hydrogen-bond donors (Lipinski definition) is 1. The topological polar surface area (TPSA) is 105 Å².